The minimum absolute atomic E-state index is 0.281. The lowest BCUT2D eigenvalue weighted by molar-refractivity contribution is 0.164. The van der Waals surface area contributed by atoms with Crippen LogP contribution in [0.2, 0.25) is 0 Å². The van der Waals surface area contributed by atoms with Gasteiger partial charge in [0.1, 0.15) is 0 Å². The third kappa shape index (κ3) is 2.42. The molecule has 0 aromatic rings. The van der Waals surface area contributed by atoms with Crippen LogP contribution in [0.3, 0.4) is 0 Å². The van der Waals surface area contributed by atoms with E-state index in [1.807, 2.05) is 0 Å². The fraction of sp³-hybridized carbons (Fsp3) is 0.667. The van der Waals surface area contributed by atoms with E-state index < -0.39 is 9.84 Å². The van der Waals surface area contributed by atoms with Gasteiger partial charge in [0.2, 0.25) is 15.0 Å². The van der Waals surface area contributed by atoms with Gasteiger partial charge in [-0.3, -0.25) is 4.90 Å². The van der Waals surface area contributed by atoms with E-state index in [1.165, 1.54) is 5.41 Å². The van der Waals surface area contributed by atoms with Gasteiger partial charge in [-0.05, 0) is 7.05 Å². The lowest BCUT2D eigenvalue weighted by atomic mass is 10.3. The van der Waals surface area contributed by atoms with Crippen LogP contribution in [0.1, 0.15) is 0 Å². The van der Waals surface area contributed by atoms with Gasteiger partial charge < -0.3 is 10.6 Å². The lowest BCUT2D eigenvalue weighted by Gasteiger charge is -2.31. The number of amidine groups is 1. The van der Waals surface area contributed by atoms with Crippen molar-refractivity contribution in [3.8, 4) is 0 Å². The molecule has 0 radical (unpaired) electrons. The van der Waals surface area contributed by atoms with Gasteiger partial charge in [0.15, 0.2) is 0 Å². The summed E-state index contributed by atoms with van der Waals surface area (Å²) in [5.41, 5.74) is 5.86. The van der Waals surface area contributed by atoms with Gasteiger partial charge in [-0.2, -0.15) is 0 Å². The molecule has 6 nitrogen and oxygen atoms in total. The van der Waals surface area contributed by atoms with Crippen LogP contribution in [0.15, 0.2) is 16.1 Å². The van der Waals surface area contributed by atoms with Crippen LogP contribution in [0.5, 0.6) is 0 Å². The van der Waals surface area contributed by atoms with E-state index in [2.05, 4.69) is 21.8 Å². The molecule has 0 atom stereocenters. The molecule has 0 aromatic heterocycles. The molecule has 0 spiro atoms. The number of nitrogens with zero attached hydrogens (tertiary/aromatic N) is 3. The van der Waals surface area contributed by atoms with E-state index >= 15 is 0 Å². The Morgan fingerprint density at radius 1 is 1.38 bits per heavy atom. The monoisotopic (exact) mass is 244 g/mol. The van der Waals surface area contributed by atoms with Crippen LogP contribution >= 0.6 is 0 Å². The van der Waals surface area contributed by atoms with Gasteiger partial charge in [0.05, 0.1) is 11.1 Å². The standard InChI is InChI=1S/C9H16N4O2S/c1-12-2-4-13(5-3-12)6-8-7-16(14,15)9(10)11-8/h7H,2-6H2,1H3,(H2,10,11). The predicted octanol–water partition coefficient (Wildman–Crippen LogP) is -1.18. The molecule has 0 aliphatic carbocycles. The highest BCUT2D eigenvalue weighted by molar-refractivity contribution is 8.09. The average Bonchev–Trinajstić information content (AvgIpc) is 2.44. The summed E-state index contributed by atoms with van der Waals surface area (Å²) in [4.78, 5) is 8.29. The molecule has 7 heteroatoms. The molecule has 2 aliphatic heterocycles. The molecule has 0 amide bonds. The van der Waals surface area contributed by atoms with Gasteiger partial charge in [0, 0.05) is 32.7 Å². The summed E-state index contributed by atoms with van der Waals surface area (Å²) in [6.45, 7) is 4.43. The number of hydrogen-bond acceptors (Lipinski definition) is 6. The molecule has 0 bridgehead atoms. The van der Waals surface area contributed by atoms with E-state index in [1.54, 1.807) is 0 Å². The number of piperazine rings is 1. The molecule has 2 rings (SSSR count). The smallest absolute Gasteiger partial charge is 0.234 e. The van der Waals surface area contributed by atoms with E-state index in [4.69, 9.17) is 5.73 Å². The zero-order chi connectivity index (χ0) is 11.8. The molecule has 0 unspecified atom stereocenters. The quantitative estimate of drug-likeness (QED) is 0.661. The first-order valence-electron chi connectivity index (χ1n) is 5.18. The van der Waals surface area contributed by atoms with Crippen molar-refractivity contribution in [3.63, 3.8) is 0 Å². The number of hydrogen-bond donors (Lipinski definition) is 1. The first-order valence-corrected chi connectivity index (χ1v) is 6.73. The molecular formula is C9H16N4O2S. The van der Waals surface area contributed by atoms with Crippen molar-refractivity contribution in [2.45, 2.75) is 0 Å². The van der Waals surface area contributed by atoms with E-state index in [9.17, 15) is 8.42 Å². The topological polar surface area (TPSA) is 79.0 Å². The molecule has 16 heavy (non-hydrogen) atoms. The highest BCUT2D eigenvalue weighted by Gasteiger charge is 2.24. The minimum atomic E-state index is -3.41. The Morgan fingerprint density at radius 2 is 2.00 bits per heavy atom. The maximum Gasteiger partial charge on any atom is 0.234 e. The third-order valence-electron chi connectivity index (χ3n) is 2.82. The van der Waals surface area contributed by atoms with Gasteiger partial charge in [-0.15, -0.1) is 0 Å². The second-order valence-corrected chi connectivity index (χ2v) is 5.93. The first kappa shape index (κ1) is 11.6. The molecule has 2 aliphatic rings. The molecular weight excluding hydrogens is 228 g/mol. The summed E-state index contributed by atoms with van der Waals surface area (Å²) in [5, 5.41) is 0.886. The van der Waals surface area contributed by atoms with Crippen LogP contribution in [0.4, 0.5) is 0 Å². The molecule has 0 saturated carbocycles. The van der Waals surface area contributed by atoms with Crippen molar-refractivity contribution in [2.24, 2.45) is 10.7 Å². The van der Waals surface area contributed by atoms with Crippen molar-refractivity contribution in [1.82, 2.24) is 9.80 Å². The van der Waals surface area contributed by atoms with Crippen molar-refractivity contribution in [1.29, 1.82) is 0 Å². The molecule has 0 aromatic carbocycles. The second kappa shape index (κ2) is 4.15. The fourth-order valence-corrected chi connectivity index (χ4v) is 2.63. The minimum Gasteiger partial charge on any atom is -0.374 e. The number of aliphatic imine (C=N–C) groups is 1. The second-order valence-electron chi connectivity index (χ2n) is 4.18. The SMILES string of the molecule is CN1CCN(CC2=CS(=O)(=O)C(N)=N2)CC1. The van der Waals surface area contributed by atoms with E-state index in [0.717, 1.165) is 26.2 Å². The summed E-state index contributed by atoms with van der Waals surface area (Å²) < 4.78 is 22.6. The zero-order valence-electron chi connectivity index (χ0n) is 9.26. The fourth-order valence-electron chi connectivity index (χ4n) is 1.78. The van der Waals surface area contributed by atoms with Gasteiger partial charge >= 0.3 is 0 Å². The number of sulfone groups is 1. The molecule has 1 fully saturated rings. The Hall–Kier alpha value is -0.920. The Bertz CT molecular complexity index is 432. The first-order chi connectivity index (χ1) is 7.47. The van der Waals surface area contributed by atoms with Crippen molar-refractivity contribution >= 4 is 15.0 Å². The zero-order valence-corrected chi connectivity index (χ0v) is 10.1. The summed E-state index contributed by atoms with van der Waals surface area (Å²) in [6.07, 6.45) is 0. The Balaban J connectivity index is 1.98. The molecule has 90 valence electrons. The van der Waals surface area contributed by atoms with Gasteiger partial charge in [0.25, 0.3) is 0 Å². The Labute approximate surface area is 95.3 Å². The highest BCUT2D eigenvalue weighted by atomic mass is 32.2. The lowest BCUT2D eigenvalue weighted by Crippen LogP contribution is -2.44. The average molecular weight is 244 g/mol. The van der Waals surface area contributed by atoms with Crippen LogP contribution < -0.4 is 5.73 Å². The van der Waals surface area contributed by atoms with Crippen LogP contribution in [-0.4, -0.2) is 63.2 Å². The van der Waals surface area contributed by atoms with Gasteiger partial charge in [-0.25, -0.2) is 13.4 Å². The third-order valence-corrected chi connectivity index (χ3v) is 4.07. The van der Waals surface area contributed by atoms with Gasteiger partial charge in [-0.1, -0.05) is 0 Å². The Kier molecular flexibility index (Phi) is 3.00. The van der Waals surface area contributed by atoms with Crippen LogP contribution in [-0.2, 0) is 9.84 Å². The van der Waals surface area contributed by atoms with Crippen molar-refractivity contribution in [2.75, 3.05) is 39.8 Å². The largest absolute Gasteiger partial charge is 0.374 e. The molecule has 1 saturated heterocycles. The van der Waals surface area contributed by atoms with E-state index in [-0.39, 0.29) is 5.17 Å². The number of likely N-dealkylation sites (N-methyl/N-ethyl adjacent to an activating group) is 1. The Morgan fingerprint density at radius 3 is 2.50 bits per heavy atom. The van der Waals surface area contributed by atoms with Crippen molar-refractivity contribution < 1.29 is 8.42 Å². The van der Waals surface area contributed by atoms with Crippen molar-refractivity contribution in [3.05, 3.63) is 11.1 Å². The normalized spacial score (nSPS) is 26.6. The number of rotatable bonds is 2. The molecule has 2 N–H and O–H groups in total. The highest BCUT2D eigenvalue weighted by Crippen LogP contribution is 2.14. The van der Waals surface area contributed by atoms with E-state index in [0.29, 0.717) is 12.2 Å². The predicted molar refractivity (Wildman–Crippen MR) is 62.6 cm³/mol. The number of nitrogens with two attached hydrogens (primary N) is 1. The summed E-state index contributed by atoms with van der Waals surface area (Å²) in [5.74, 6) is 0. The maximum atomic E-state index is 11.3. The summed E-state index contributed by atoms with van der Waals surface area (Å²) in [7, 11) is -1.33. The summed E-state index contributed by atoms with van der Waals surface area (Å²) >= 11 is 0. The summed E-state index contributed by atoms with van der Waals surface area (Å²) in [6, 6.07) is 0. The van der Waals surface area contributed by atoms with Crippen LogP contribution in [0.25, 0.3) is 0 Å². The van der Waals surface area contributed by atoms with Crippen LogP contribution in [0, 0.1) is 0 Å². The molecule has 2 heterocycles. The maximum absolute atomic E-state index is 11.3.